The molecule has 118 valence electrons. The van der Waals surface area contributed by atoms with E-state index < -0.39 is 0 Å². The molecule has 2 aromatic heterocycles. The molecule has 0 aliphatic heterocycles. The van der Waals surface area contributed by atoms with Crippen molar-refractivity contribution in [1.29, 1.82) is 0 Å². The lowest BCUT2D eigenvalue weighted by Gasteiger charge is -2.29. The molecule has 0 radical (unpaired) electrons. The van der Waals surface area contributed by atoms with Crippen LogP contribution in [-0.2, 0) is 0 Å². The maximum Gasteiger partial charge on any atom is 0.154 e. The van der Waals surface area contributed by atoms with Gasteiger partial charge in [0, 0.05) is 30.9 Å². The van der Waals surface area contributed by atoms with Crippen LogP contribution in [-0.4, -0.2) is 34.7 Å². The van der Waals surface area contributed by atoms with Crippen LogP contribution in [0.15, 0.2) is 30.0 Å². The van der Waals surface area contributed by atoms with E-state index in [-0.39, 0.29) is 5.41 Å². The number of nitrogens with zero attached hydrogens (tertiary/aromatic N) is 3. The molecule has 2 aromatic rings. The predicted octanol–water partition coefficient (Wildman–Crippen LogP) is 2.39. The highest BCUT2D eigenvalue weighted by molar-refractivity contribution is 5.75. The van der Waals surface area contributed by atoms with Crippen LogP contribution in [0.25, 0.3) is 16.9 Å². The number of fused-ring (bicyclic) bond motifs is 1. The Morgan fingerprint density at radius 1 is 1.55 bits per heavy atom. The molecule has 2 heterocycles. The monoisotopic (exact) mass is 299 g/mol. The number of H-pyrrole nitrogens is 1. The summed E-state index contributed by atoms with van der Waals surface area (Å²) in [6.45, 7) is 9.11. The molecule has 0 amide bonds. The molecule has 5 nitrogen and oxygen atoms in total. The fraction of sp³-hybridized carbons (Fsp3) is 0.529. The van der Waals surface area contributed by atoms with Gasteiger partial charge >= 0.3 is 0 Å². The van der Waals surface area contributed by atoms with Crippen molar-refractivity contribution in [2.24, 2.45) is 16.3 Å². The van der Waals surface area contributed by atoms with Crippen molar-refractivity contribution >= 4 is 16.9 Å². The lowest BCUT2D eigenvalue weighted by atomic mass is 9.80. The molecule has 0 spiro atoms. The molecule has 0 aromatic carbocycles. The second kappa shape index (κ2) is 5.39. The lowest BCUT2D eigenvalue weighted by Crippen LogP contribution is -2.28. The fourth-order valence-electron chi connectivity index (χ4n) is 3.83. The first kappa shape index (κ1) is 15.0. The van der Waals surface area contributed by atoms with Crippen molar-refractivity contribution in [3.05, 3.63) is 30.5 Å². The number of allylic oxidation sites excluding steroid dienone is 1. The van der Waals surface area contributed by atoms with Gasteiger partial charge in [-0.3, -0.25) is 9.56 Å². The summed E-state index contributed by atoms with van der Waals surface area (Å²) in [5.41, 5.74) is 4.08. The Morgan fingerprint density at radius 3 is 2.95 bits per heavy atom. The number of aromatic nitrogens is 3. The van der Waals surface area contributed by atoms with Crippen LogP contribution >= 0.6 is 0 Å². The Labute approximate surface area is 131 Å². The quantitative estimate of drug-likeness (QED) is 0.914. The highest BCUT2D eigenvalue weighted by Gasteiger charge is 2.41. The van der Waals surface area contributed by atoms with Crippen molar-refractivity contribution < 1.29 is 0 Å². The van der Waals surface area contributed by atoms with Gasteiger partial charge in [0.05, 0.1) is 11.7 Å². The van der Waals surface area contributed by atoms with E-state index in [0.717, 1.165) is 35.2 Å². The van der Waals surface area contributed by atoms with Gasteiger partial charge in [-0.1, -0.05) is 20.4 Å². The van der Waals surface area contributed by atoms with Gasteiger partial charge in [-0.25, -0.2) is 4.98 Å². The normalized spacial score (nSPS) is 25.0. The summed E-state index contributed by atoms with van der Waals surface area (Å²) in [4.78, 5) is 12.0. The van der Waals surface area contributed by atoms with Gasteiger partial charge in [0.25, 0.3) is 0 Å². The molecule has 2 atom stereocenters. The van der Waals surface area contributed by atoms with Gasteiger partial charge in [-0.2, -0.15) is 0 Å². The van der Waals surface area contributed by atoms with Crippen LogP contribution in [0.2, 0.25) is 0 Å². The average Bonchev–Trinajstić information content (AvgIpc) is 3.08. The van der Waals surface area contributed by atoms with E-state index >= 15 is 0 Å². The Kier molecular flexibility index (Phi) is 3.68. The standard InChI is InChI=1S/C17H25N5/c1-11(13-8-12(18-4)9-17(13,2)3)22-14-6-7-20-16(14)21-10-15(22)19-5/h6-7,10,12-13,18,20H,1,8-9H2,2-5H3. The molecule has 2 unspecified atom stereocenters. The van der Waals surface area contributed by atoms with Crippen LogP contribution in [0.4, 0.5) is 0 Å². The predicted molar refractivity (Wildman–Crippen MR) is 90.3 cm³/mol. The van der Waals surface area contributed by atoms with Gasteiger partial charge in [-0.15, -0.1) is 0 Å². The van der Waals surface area contributed by atoms with E-state index in [1.165, 1.54) is 0 Å². The highest BCUT2D eigenvalue weighted by Crippen LogP contribution is 2.47. The molecule has 5 heteroatoms. The molecule has 1 fully saturated rings. The zero-order valence-corrected chi connectivity index (χ0v) is 13.8. The van der Waals surface area contributed by atoms with Crippen molar-refractivity contribution in [3.63, 3.8) is 0 Å². The molecule has 0 bridgehead atoms. The zero-order valence-electron chi connectivity index (χ0n) is 13.8. The summed E-state index contributed by atoms with van der Waals surface area (Å²) >= 11 is 0. The summed E-state index contributed by atoms with van der Waals surface area (Å²) in [6, 6.07) is 2.59. The first-order valence-electron chi connectivity index (χ1n) is 7.82. The summed E-state index contributed by atoms with van der Waals surface area (Å²) in [5.74, 6) is 0.413. The van der Waals surface area contributed by atoms with Crippen molar-refractivity contribution in [1.82, 2.24) is 19.9 Å². The third-order valence-corrected chi connectivity index (χ3v) is 5.05. The topological polar surface area (TPSA) is 58.0 Å². The third kappa shape index (κ3) is 2.29. The van der Waals surface area contributed by atoms with E-state index in [9.17, 15) is 0 Å². The van der Waals surface area contributed by atoms with Crippen LogP contribution in [0.5, 0.6) is 0 Å². The second-order valence-electron chi connectivity index (χ2n) is 6.84. The molecule has 0 saturated heterocycles. The van der Waals surface area contributed by atoms with Crippen molar-refractivity contribution in [3.8, 4) is 0 Å². The minimum atomic E-state index is 0.217. The molecular formula is C17H25N5. The van der Waals surface area contributed by atoms with Gasteiger partial charge in [0.1, 0.15) is 0 Å². The van der Waals surface area contributed by atoms with Crippen LogP contribution in [0.3, 0.4) is 0 Å². The molecule has 1 saturated carbocycles. The Balaban J connectivity index is 2.11. The highest BCUT2D eigenvalue weighted by atomic mass is 15.1. The van der Waals surface area contributed by atoms with E-state index in [0.29, 0.717) is 12.0 Å². The van der Waals surface area contributed by atoms with Gasteiger partial charge in [0.2, 0.25) is 0 Å². The van der Waals surface area contributed by atoms with Crippen LogP contribution in [0, 0.1) is 11.3 Å². The fourth-order valence-corrected chi connectivity index (χ4v) is 3.83. The maximum absolute atomic E-state index is 4.44. The smallest absolute Gasteiger partial charge is 0.154 e. The SMILES string of the molecule is C=C(C1CC(NC)CC1(C)C)n1c(=NC)cnc2[nH]ccc21. The number of hydrogen-bond donors (Lipinski definition) is 2. The molecule has 3 rings (SSSR count). The van der Waals surface area contributed by atoms with Crippen LogP contribution in [0.1, 0.15) is 26.7 Å². The molecular weight excluding hydrogens is 274 g/mol. The molecule has 22 heavy (non-hydrogen) atoms. The molecule has 1 aliphatic rings. The van der Waals surface area contributed by atoms with Gasteiger partial charge < -0.3 is 10.3 Å². The number of rotatable bonds is 3. The van der Waals surface area contributed by atoms with E-state index in [1.54, 1.807) is 7.05 Å². The third-order valence-electron chi connectivity index (χ3n) is 5.05. The van der Waals surface area contributed by atoms with E-state index in [4.69, 9.17) is 0 Å². The first-order valence-corrected chi connectivity index (χ1v) is 7.82. The minimum Gasteiger partial charge on any atom is -0.345 e. The lowest BCUT2D eigenvalue weighted by molar-refractivity contribution is 0.308. The van der Waals surface area contributed by atoms with Crippen molar-refractivity contribution in [2.45, 2.75) is 32.7 Å². The number of hydrogen-bond acceptors (Lipinski definition) is 3. The van der Waals surface area contributed by atoms with Crippen LogP contribution < -0.4 is 10.8 Å². The molecule has 2 N–H and O–H groups in total. The second-order valence-corrected chi connectivity index (χ2v) is 6.84. The summed E-state index contributed by atoms with van der Waals surface area (Å²) in [6.07, 6.45) is 5.99. The number of aromatic amines is 1. The summed E-state index contributed by atoms with van der Waals surface area (Å²) in [7, 11) is 3.85. The largest absolute Gasteiger partial charge is 0.345 e. The van der Waals surface area contributed by atoms with Gasteiger partial charge in [-0.05, 0) is 31.4 Å². The minimum absolute atomic E-state index is 0.217. The van der Waals surface area contributed by atoms with E-state index in [1.807, 2.05) is 25.5 Å². The maximum atomic E-state index is 4.44. The van der Waals surface area contributed by atoms with Crippen molar-refractivity contribution in [2.75, 3.05) is 14.1 Å². The van der Waals surface area contributed by atoms with Gasteiger partial charge in [0.15, 0.2) is 11.1 Å². The Hall–Kier alpha value is -1.88. The average molecular weight is 299 g/mol. The molecule has 1 aliphatic carbocycles. The Bertz CT molecular complexity index is 765. The summed E-state index contributed by atoms with van der Waals surface area (Å²) in [5, 5.41) is 3.42. The number of nitrogens with one attached hydrogen (secondary N) is 2. The first-order chi connectivity index (χ1) is 10.5. The zero-order chi connectivity index (χ0) is 15.9. The summed E-state index contributed by atoms with van der Waals surface area (Å²) < 4.78 is 2.16. The Morgan fingerprint density at radius 2 is 2.32 bits per heavy atom. The van der Waals surface area contributed by atoms with E-state index in [2.05, 4.69) is 45.3 Å².